The number of rotatable bonds is 2. The first-order chi connectivity index (χ1) is 7.68. The molecule has 4 heteroatoms. The topological polar surface area (TPSA) is 27.5 Å². The summed E-state index contributed by atoms with van der Waals surface area (Å²) in [5.74, 6) is 0. The Morgan fingerprint density at radius 3 is 2.62 bits per heavy atom. The van der Waals surface area contributed by atoms with Gasteiger partial charge in [-0.2, -0.15) is 0 Å². The van der Waals surface area contributed by atoms with Crippen molar-refractivity contribution < 1.29 is 5.06 Å². The zero-order valence-electron chi connectivity index (χ0n) is 8.44. The van der Waals surface area contributed by atoms with Crippen LogP contribution in [0.1, 0.15) is 5.56 Å². The number of allylic oxidation sites excluding steroid dienone is 2. The summed E-state index contributed by atoms with van der Waals surface area (Å²) in [6, 6.07) is 9.94. The lowest BCUT2D eigenvalue weighted by molar-refractivity contribution is -0.680. The molecule has 1 aromatic carbocycles. The molecule has 1 N–H and O–H groups in total. The highest BCUT2D eigenvalue weighted by Gasteiger charge is 2.18. The lowest BCUT2D eigenvalue weighted by Gasteiger charge is -2.22. The minimum atomic E-state index is -0.184. The van der Waals surface area contributed by atoms with Crippen molar-refractivity contribution in [1.82, 2.24) is 0 Å². The van der Waals surface area contributed by atoms with Crippen LogP contribution in [0.3, 0.4) is 0 Å². The molecule has 0 aliphatic carbocycles. The molecular formula is C12H10ClNOS. The number of hydroxylamine groups is 2. The highest BCUT2D eigenvalue weighted by molar-refractivity contribution is 7.80. The second-order valence-corrected chi connectivity index (χ2v) is 4.31. The van der Waals surface area contributed by atoms with Crippen molar-refractivity contribution in [2.75, 3.05) is 0 Å². The SMILES string of the molecule is [O-][NH+]1C=CC(Cc2ccccc2)=C(Cl)C1=S. The Morgan fingerprint density at radius 1 is 1.25 bits per heavy atom. The second kappa shape index (κ2) is 4.89. The molecule has 1 heterocycles. The van der Waals surface area contributed by atoms with Gasteiger partial charge in [0.25, 0.3) is 0 Å². The Morgan fingerprint density at radius 2 is 1.94 bits per heavy atom. The normalized spacial score (nSPS) is 20.4. The van der Waals surface area contributed by atoms with Crippen LogP contribution in [-0.2, 0) is 6.42 Å². The summed E-state index contributed by atoms with van der Waals surface area (Å²) in [6.45, 7) is 0. The maximum atomic E-state index is 11.3. The third-order valence-electron chi connectivity index (χ3n) is 2.38. The van der Waals surface area contributed by atoms with E-state index in [2.05, 4.69) is 0 Å². The highest BCUT2D eigenvalue weighted by atomic mass is 35.5. The summed E-state index contributed by atoms with van der Waals surface area (Å²) in [5, 5.41) is 11.5. The summed E-state index contributed by atoms with van der Waals surface area (Å²) < 4.78 is 0. The molecular weight excluding hydrogens is 242 g/mol. The van der Waals surface area contributed by atoms with Crippen LogP contribution >= 0.6 is 23.8 Å². The predicted molar refractivity (Wildman–Crippen MR) is 69.1 cm³/mol. The number of hydrogen-bond donors (Lipinski definition) is 1. The molecule has 0 amide bonds. The molecule has 1 aliphatic heterocycles. The molecule has 0 fully saturated rings. The molecule has 0 radical (unpaired) electrons. The van der Waals surface area contributed by atoms with E-state index in [4.69, 9.17) is 23.8 Å². The second-order valence-electron chi connectivity index (χ2n) is 3.53. The van der Waals surface area contributed by atoms with Gasteiger partial charge < -0.3 is 10.3 Å². The van der Waals surface area contributed by atoms with E-state index >= 15 is 0 Å². The van der Waals surface area contributed by atoms with Gasteiger partial charge in [-0.25, -0.2) is 0 Å². The van der Waals surface area contributed by atoms with E-state index < -0.39 is 0 Å². The largest absolute Gasteiger partial charge is 0.623 e. The molecule has 0 saturated heterocycles. The Bertz CT molecular complexity index is 467. The van der Waals surface area contributed by atoms with Gasteiger partial charge in [0.15, 0.2) is 0 Å². The standard InChI is InChI=1S/C12H10ClNOS/c13-11-10(6-7-14(15)12(11)16)8-9-4-2-1-3-5-9/h1-7,14H,8H2. The Hall–Kier alpha value is -1.000. The van der Waals surface area contributed by atoms with Crippen molar-refractivity contribution in [3.63, 3.8) is 0 Å². The van der Waals surface area contributed by atoms with Gasteiger partial charge in [0, 0.05) is 0 Å². The zero-order chi connectivity index (χ0) is 11.5. The van der Waals surface area contributed by atoms with Crippen molar-refractivity contribution >= 4 is 28.8 Å². The van der Waals surface area contributed by atoms with Crippen molar-refractivity contribution in [3.05, 3.63) is 64.0 Å². The highest BCUT2D eigenvalue weighted by Crippen LogP contribution is 2.18. The van der Waals surface area contributed by atoms with Gasteiger partial charge in [-0.1, -0.05) is 41.9 Å². The third kappa shape index (κ3) is 2.39. The predicted octanol–water partition coefficient (Wildman–Crippen LogP) is 1.96. The zero-order valence-corrected chi connectivity index (χ0v) is 10.0. The van der Waals surface area contributed by atoms with E-state index in [1.807, 2.05) is 30.3 Å². The fraction of sp³-hybridized carbons (Fsp3) is 0.0833. The Kier molecular flexibility index (Phi) is 3.51. The Labute approximate surface area is 104 Å². The van der Waals surface area contributed by atoms with E-state index in [-0.39, 0.29) is 10.1 Å². The quantitative estimate of drug-likeness (QED) is 0.643. The van der Waals surface area contributed by atoms with E-state index in [1.165, 1.54) is 6.20 Å². The number of thiocarbonyl (C=S) groups is 1. The third-order valence-corrected chi connectivity index (χ3v) is 3.33. The first-order valence-electron chi connectivity index (χ1n) is 4.88. The smallest absolute Gasteiger partial charge is 0.220 e. The van der Waals surface area contributed by atoms with Gasteiger partial charge in [-0.15, -0.1) is 0 Å². The summed E-state index contributed by atoms with van der Waals surface area (Å²) in [5.41, 5.74) is 2.05. The van der Waals surface area contributed by atoms with E-state index in [0.717, 1.165) is 11.1 Å². The van der Waals surface area contributed by atoms with E-state index in [0.29, 0.717) is 11.5 Å². The lowest BCUT2D eigenvalue weighted by atomic mass is 10.0. The summed E-state index contributed by atoms with van der Waals surface area (Å²) in [7, 11) is 0. The summed E-state index contributed by atoms with van der Waals surface area (Å²) >= 11 is 11.0. The molecule has 82 valence electrons. The summed E-state index contributed by atoms with van der Waals surface area (Å²) in [6.07, 6.45) is 3.92. The molecule has 2 rings (SSSR count). The van der Waals surface area contributed by atoms with E-state index in [1.54, 1.807) is 6.08 Å². The Balaban J connectivity index is 2.23. The monoisotopic (exact) mass is 251 g/mol. The molecule has 0 aromatic heterocycles. The average Bonchev–Trinajstić information content (AvgIpc) is 2.31. The minimum absolute atomic E-state index is 0.184. The van der Waals surface area contributed by atoms with Crippen molar-refractivity contribution in [3.8, 4) is 0 Å². The number of hydrogen-bond acceptors (Lipinski definition) is 2. The van der Waals surface area contributed by atoms with Crippen molar-refractivity contribution in [1.29, 1.82) is 0 Å². The molecule has 2 nitrogen and oxygen atoms in total. The lowest BCUT2D eigenvalue weighted by Crippen LogP contribution is -3.05. The fourth-order valence-corrected chi connectivity index (χ4v) is 1.95. The first-order valence-corrected chi connectivity index (χ1v) is 5.66. The van der Waals surface area contributed by atoms with Gasteiger partial charge >= 0.3 is 0 Å². The van der Waals surface area contributed by atoms with Crippen LogP contribution < -0.4 is 5.06 Å². The van der Waals surface area contributed by atoms with E-state index in [9.17, 15) is 5.21 Å². The minimum Gasteiger partial charge on any atom is -0.623 e. The van der Waals surface area contributed by atoms with Crippen LogP contribution in [0.25, 0.3) is 0 Å². The van der Waals surface area contributed by atoms with Gasteiger partial charge in [-0.3, -0.25) is 0 Å². The van der Waals surface area contributed by atoms with Gasteiger partial charge in [0.2, 0.25) is 4.99 Å². The number of halogens is 1. The number of nitrogens with one attached hydrogen (secondary N) is 1. The van der Waals surface area contributed by atoms with Gasteiger partial charge in [0.05, 0.1) is 0 Å². The number of quaternary nitrogens is 1. The van der Waals surface area contributed by atoms with Crippen LogP contribution in [0, 0.1) is 5.21 Å². The molecule has 1 aromatic rings. The first kappa shape index (κ1) is 11.5. The molecule has 0 saturated carbocycles. The average molecular weight is 252 g/mol. The molecule has 0 spiro atoms. The van der Waals surface area contributed by atoms with Crippen LogP contribution in [0.4, 0.5) is 0 Å². The molecule has 16 heavy (non-hydrogen) atoms. The van der Waals surface area contributed by atoms with Crippen molar-refractivity contribution in [2.45, 2.75) is 6.42 Å². The van der Waals surface area contributed by atoms with Gasteiger partial charge in [0.1, 0.15) is 11.2 Å². The maximum absolute atomic E-state index is 11.3. The van der Waals surface area contributed by atoms with Crippen LogP contribution in [0.2, 0.25) is 0 Å². The fourth-order valence-electron chi connectivity index (χ4n) is 1.53. The molecule has 1 unspecified atom stereocenters. The molecule has 1 atom stereocenters. The summed E-state index contributed by atoms with van der Waals surface area (Å²) in [4.78, 5) is 0.218. The van der Waals surface area contributed by atoms with Crippen molar-refractivity contribution in [2.24, 2.45) is 0 Å². The maximum Gasteiger partial charge on any atom is 0.220 e. The van der Waals surface area contributed by atoms with Gasteiger partial charge in [-0.05, 0) is 35.9 Å². The molecule has 0 bridgehead atoms. The van der Waals surface area contributed by atoms with Crippen LogP contribution in [0.15, 0.2) is 53.2 Å². The van der Waals surface area contributed by atoms with Crippen LogP contribution in [0.5, 0.6) is 0 Å². The van der Waals surface area contributed by atoms with Crippen LogP contribution in [-0.4, -0.2) is 4.99 Å². The molecule has 1 aliphatic rings. The number of benzene rings is 1.